The van der Waals surface area contributed by atoms with Gasteiger partial charge in [0.05, 0.1) is 6.10 Å². The standard InChI is InChI=1S/C15H30N2O2/c1-6-7-8-11-12(18)16-15(19-11)9-13(2,3)17-14(4,5)10-15/h11-12,16-18H,6-10H2,1-5H3. The van der Waals surface area contributed by atoms with E-state index in [1.165, 1.54) is 0 Å². The number of ether oxygens (including phenoxy) is 1. The van der Waals surface area contributed by atoms with Crippen LogP contribution < -0.4 is 10.6 Å². The second kappa shape index (κ2) is 4.99. The van der Waals surface area contributed by atoms with Crippen molar-refractivity contribution in [1.29, 1.82) is 0 Å². The number of hydrogen-bond acceptors (Lipinski definition) is 4. The fourth-order valence-corrected chi connectivity index (χ4v) is 4.05. The van der Waals surface area contributed by atoms with E-state index in [9.17, 15) is 5.11 Å². The third-order valence-electron chi connectivity index (χ3n) is 4.11. The molecule has 19 heavy (non-hydrogen) atoms. The third kappa shape index (κ3) is 3.48. The minimum absolute atomic E-state index is 0.00805. The minimum atomic E-state index is -0.531. The molecule has 2 rings (SSSR count). The topological polar surface area (TPSA) is 53.5 Å². The Morgan fingerprint density at radius 2 is 1.74 bits per heavy atom. The highest BCUT2D eigenvalue weighted by atomic mass is 16.6. The van der Waals surface area contributed by atoms with Crippen LogP contribution in [-0.4, -0.2) is 34.2 Å². The lowest BCUT2D eigenvalue weighted by Gasteiger charge is -2.51. The maximum absolute atomic E-state index is 10.2. The Kier molecular flexibility index (Phi) is 4.00. The van der Waals surface area contributed by atoms with Gasteiger partial charge >= 0.3 is 0 Å². The van der Waals surface area contributed by atoms with Crippen LogP contribution in [0, 0.1) is 0 Å². The van der Waals surface area contributed by atoms with E-state index >= 15 is 0 Å². The van der Waals surface area contributed by atoms with Crippen LogP contribution >= 0.6 is 0 Å². The summed E-state index contributed by atoms with van der Waals surface area (Å²) in [4.78, 5) is 0. The molecule has 3 N–H and O–H groups in total. The molecule has 2 saturated heterocycles. The Labute approximate surface area is 117 Å². The lowest BCUT2D eigenvalue weighted by atomic mass is 9.77. The number of aliphatic hydroxyl groups excluding tert-OH is 1. The second-order valence-corrected chi connectivity index (χ2v) is 7.63. The largest absolute Gasteiger partial charge is 0.376 e. The zero-order valence-corrected chi connectivity index (χ0v) is 13.0. The summed E-state index contributed by atoms with van der Waals surface area (Å²) in [6.07, 6.45) is 4.33. The number of hydrogen-bond donors (Lipinski definition) is 3. The summed E-state index contributed by atoms with van der Waals surface area (Å²) in [7, 11) is 0. The van der Waals surface area contributed by atoms with Crippen molar-refractivity contribution < 1.29 is 9.84 Å². The number of piperidine rings is 1. The van der Waals surface area contributed by atoms with Gasteiger partial charge in [-0.15, -0.1) is 0 Å². The predicted molar refractivity (Wildman–Crippen MR) is 76.8 cm³/mol. The second-order valence-electron chi connectivity index (χ2n) is 7.63. The van der Waals surface area contributed by atoms with Crippen molar-refractivity contribution in [3.63, 3.8) is 0 Å². The molecule has 4 heteroatoms. The van der Waals surface area contributed by atoms with Crippen LogP contribution in [0.1, 0.15) is 66.7 Å². The summed E-state index contributed by atoms with van der Waals surface area (Å²) >= 11 is 0. The Hall–Kier alpha value is -0.160. The zero-order chi connectivity index (χ0) is 14.3. The van der Waals surface area contributed by atoms with Crippen LogP contribution in [0.2, 0.25) is 0 Å². The third-order valence-corrected chi connectivity index (χ3v) is 4.11. The van der Waals surface area contributed by atoms with Crippen molar-refractivity contribution in [3.8, 4) is 0 Å². The summed E-state index contributed by atoms with van der Waals surface area (Å²) in [5.41, 5.74) is -0.363. The molecule has 0 bridgehead atoms. The summed E-state index contributed by atoms with van der Waals surface area (Å²) in [6, 6.07) is 0. The molecule has 0 aliphatic carbocycles. The number of unbranched alkanes of at least 4 members (excludes halogenated alkanes) is 1. The smallest absolute Gasteiger partial charge is 0.133 e. The van der Waals surface area contributed by atoms with Crippen molar-refractivity contribution in [1.82, 2.24) is 10.6 Å². The average molecular weight is 270 g/mol. The summed E-state index contributed by atoms with van der Waals surface area (Å²) < 4.78 is 6.27. The van der Waals surface area contributed by atoms with Gasteiger partial charge in [0.15, 0.2) is 0 Å². The first-order valence-corrected chi connectivity index (χ1v) is 7.60. The van der Waals surface area contributed by atoms with Crippen molar-refractivity contribution in [2.45, 2.75) is 95.9 Å². The van der Waals surface area contributed by atoms with Gasteiger partial charge < -0.3 is 15.2 Å². The van der Waals surface area contributed by atoms with Gasteiger partial charge in [-0.3, -0.25) is 5.32 Å². The van der Waals surface area contributed by atoms with Gasteiger partial charge in [-0.1, -0.05) is 19.8 Å². The highest BCUT2D eigenvalue weighted by molar-refractivity contribution is 5.07. The highest BCUT2D eigenvalue weighted by Crippen LogP contribution is 2.41. The molecule has 0 saturated carbocycles. The molecule has 0 aromatic heterocycles. The molecule has 2 atom stereocenters. The van der Waals surface area contributed by atoms with E-state index in [1.807, 2.05) is 0 Å². The molecule has 1 spiro atoms. The lowest BCUT2D eigenvalue weighted by Crippen LogP contribution is -2.66. The summed E-state index contributed by atoms with van der Waals surface area (Å²) in [5, 5.41) is 17.2. The number of rotatable bonds is 3. The molecule has 2 aliphatic rings. The molecule has 4 nitrogen and oxygen atoms in total. The zero-order valence-electron chi connectivity index (χ0n) is 13.0. The van der Waals surface area contributed by atoms with Crippen LogP contribution in [-0.2, 0) is 4.74 Å². The van der Waals surface area contributed by atoms with Crippen LogP contribution in [0.15, 0.2) is 0 Å². The molecule has 0 amide bonds. The van der Waals surface area contributed by atoms with Crippen LogP contribution in [0.3, 0.4) is 0 Å². The molecule has 2 fully saturated rings. The van der Waals surface area contributed by atoms with Gasteiger partial charge in [-0.05, 0) is 34.1 Å². The maximum Gasteiger partial charge on any atom is 0.133 e. The Morgan fingerprint density at radius 1 is 1.16 bits per heavy atom. The SMILES string of the molecule is CCCCC1OC2(CC(C)(C)NC(C)(C)C2)NC1O. The van der Waals surface area contributed by atoms with Crippen molar-refractivity contribution in [2.24, 2.45) is 0 Å². The molecular formula is C15H30N2O2. The van der Waals surface area contributed by atoms with Crippen molar-refractivity contribution in [2.75, 3.05) is 0 Å². The van der Waals surface area contributed by atoms with Gasteiger partial charge in [0, 0.05) is 23.9 Å². The van der Waals surface area contributed by atoms with Crippen LogP contribution in [0.4, 0.5) is 0 Å². The van der Waals surface area contributed by atoms with E-state index in [0.29, 0.717) is 0 Å². The normalized spacial score (nSPS) is 35.7. The van der Waals surface area contributed by atoms with Crippen LogP contribution in [0.5, 0.6) is 0 Å². The van der Waals surface area contributed by atoms with Crippen molar-refractivity contribution >= 4 is 0 Å². The molecule has 2 heterocycles. The first-order valence-electron chi connectivity index (χ1n) is 7.60. The first kappa shape index (κ1) is 15.2. The summed E-state index contributed by atoms with van der Waals surface area (Å²) in [5.74, 6) is 0. The Morgan fingerprint density at radius 3 is 2.26 bits per heavy atom. The molecular weight excluding hydrogens is 240 g/mol. The van der Waals surface area contributed by atoms with E-state index in [0.717, 1.165) is 32.1 Å². The van der Waals surface area contributed by atoms with Gasteiger partial charge in [-0.2, -0.15) is 0 Å². The monoisotopic (exact) mass is 270 g/mol. The van der Waals surface area contributed by atoms with E-state index in [1.54, 1.807) is 0 Å². The minimum Gasteiger partial charge on any atom is -0.376 e. The number of nitrogens with one attached hydrogen (secondary N) is 2. The first-order chi connectivity index (χ1) is 8.67. The lowest BCUT2D eigenvalue weighted by molar-refractivity contribution is -0.114. The number of aliphatic hydroxyl groups is 1. The fourth-order valence-electron chi connectivity index (χ4n) is 4.05. The predicted octanol–water partition coefficient (Wildman–Crippen LogP) is 2.12. The molecule has 2 aliphatic heterocycles. The Bertz CT molecular complexity index is 312. The molecule has 0 radical (unpaired) electrons. The van der Waals surface area contributed by atoms with Gasteiger partial charge in [-0.25, -0.2) is 0 Å². The highest BCUT2D eigenvalue weighted by Gasteiger charge is 2.53. The van der Waals surface area contributed by atoms with E-state index < -0.39 is 6.23 Å². The molecule has 112 valence electrons. The van der Waals surface area contributed by atoms with E-state index in [-0.39, 0.29) is 22.9 Å². The summed E-state index contributed by atoms with van der Waals surface area (Å²) in [6.45, 7) is 11.0. The van der Waals surface area contributed by atoms with Gasteiger partial charge in [0.25, 0.3) is 0 Å². The van der Waals surface area contributed by atoms with Gasteiger partial charge in [0.1, 0.15) is 12.0 Å². The quantitative estimate of drug-likeness (QED) is 0.735. The van der Waals surface area contributed by atoms with E-state index in [4.69, 9.17) is 4.74 Å². The molecule has 2 unspecified atom stereocenters. The fraction of sp³-hybridized carbons (Fsp3) is 1.00. The van der Waals surface area contributed by atoms with E-state index in [2.05, 4.69) is 45.3 Å². The average Bonchev–Trinajstić information content (AvgIpc) is 2.45. The van der Waals surface area contributed by atoms with Gasteiger partial charge in [0.2, 0.25) is 0 Å². The molecule has 0 aromatic rings. The van der Waals surface area contributed by atoms with Crippen LogP contribution in [0.25, 0.3) is 0 Å². The maximum atomic E-state index is 10.2. The van der Waals surface area contributed by atoms with Crippen molar-refractivity contribution in [3.05, 3.63) is 0 Å². The molecule has 0 aromatic carbocycles. The Balaban J connectivity index is 2.11.